The number of nitrogens with one attached hydrogen (secondary N) is 1. The summed E-state index contributed by atoms with van der Waals surface area (Å²) in [5.74, 6) is -0.0279. The van der Waals surface area contributed by atoms with Crippen molar-refractivity contribution in [3.05, 3.63) is 34.8 Å². The van der Waals surface area contributed by atoms with Gasteiger partial charge in [-0.1, -0.05) is 19.4 Å². The molecule has 4 nitrogen and oxygen atoms in total. The molecule has 0 atom stereocenters. The summed E-state index contributed by atoms with van der Waals surface area (Å²) >= 11 is 3.15. The highest BCUT2D eigenvalue weighted by atomic mass is 32.1. The predicted molar refractivity (Wildman–Crippen MR) is 83.6 cm³/mol. The third kappa shape index (κ3) is 2.48. The number of hydrogen-bond donors (Lipinski definition) is 1. The zero-order valence-corrected chi connectivity index (χ0v) is 12.8. The Morgan fingerprint density at radius 1 is 1.45 bits per heavy atom. The third-order valence-corrected chi connectivity index (χ3v) is 4.76. The van der Waals surface area contributed by atoms with Crippen LogP contribution in [0.5, 0.6) is 0 Å². The van der Waals surface area contributed by atoms with Crippen LogP contribution in [0.25, 0.3) is 15.5 Å². The van der Waals surface area contributed by atoms with Crippen LogP contribution in [0.1, 0.15) is 30.3 Å². The van der Waals surface area contributed by atoms with Crippen LogP contribution in [0.4, 0.5) is 0 Å². The number of thiophene rings is 1. The Morgan fingerprint density at radius 2 is 2.35 bits per heavy atom. The quantitative estimate of drug-likeness (QED) is 0.731. The number of rotatable bonds is 5. The Hall–Kier alpha value is -1.66. The molecular weight excluding hydrogens is 290 g/mol. The molecule has 3 heterocycles. The third-order valence-electron chi connectivity index (χ3n) is 3.03. The lowest BCUT2D eigenvalue weighted by molar-refractivity contribution is 0.0947. The Bertz CT molecular complexity index is 712. The molecule has 0 fully saturated rings. The molecule has 3 aromatic heterocycles. The van der Waals surface area contributed by atoms with Gasteiger partial charge in [-0.15, -0.1) is 22.7 Å². The number of unbranched alkanes of at least 4 members (excludes halogenated alkanes) is 1. The van der Waals surface area contributed by atoms with Gasteiger partial charge in [0.2, 0.25) is 0 Å². The van der Waals surface area contributed by atoms with Gasteiger partial charge in [-0.05, 0) is 17.9 Å². The number of thiazole rings is 1. The van der Waals surface area contributed by atoms with E-state index in [4.69, 9.17) is 0 Å². The maximum atomic E-state index is 12.1. The van der Waals surface area contributed by atoms with E-state index >= 15 is 0 Å². The maximum absolute atomic E-state index is 12.1. The summed E-state index contributed by atoms with van der Waals surface area (Å²) < 4.78 is 1.88. The highest BCUT2D eigenvalue weighted by Gasteiger charge is 2.14. The Labute approximate surface area is 125 Å². The van der Waals surface area contributed by atoms with Crippen molar-refractivity contribution in [2.24, 2.45) is 0 Å². The van der Waals surface area contributed by atoms with E-state index in [1.54, 1.807) is 11.3 Å². The second-order valence-corrected chi connectivity index (χ2v) is 6.27. The summed E-state index contributed by atoms with van der Waals surface area (Å²) in [4.78, 5) is 18.7. The van der Waals surface area contributed by atoms with E-state index in [9.17, 15) is 4.79 Å². The summed E-state index contributed by atoms with van der Waals surface area (Å²) in [6.45, 7) is 2.83. The maximum Gasteiger partial charge on any atom is 0.269 e. The molecular formula is C14H15N3OS2. The van der Waals surface area contributed by atoms with E-state index in [1.807, 2.05) is 33.5 Å². The number of aromatic nitrogens is 2. The van der Waals surface area contributed by atoms with Gasteiger partial charge in [0, 0.05) is 18.1 Å². The SMILES string of the molecule is CCCCNC(=O)c1csc2nc(-c3cccs3)cn12. The number of amides is 1. The number of hydrogen-bond acceptors (Lipinski definition) is 4. The van der Waals surface area contributed by atoms with Gasteiger partial charge in [-0.3, -0.25) is 9.20 Å². The van der Waals surface area contributed by atoms with E-state index in [-0.39, 0.29) is 5.91 Å². The van der Waals surface area contributed by atoms with Gasteiger partial charge in [0.1, 0.15) is 11.4 Å². The van der Waals surface area contributed by atoms with E-state index in [2.05, 4.69) is 17.2 Å². The number of fused-ring (bicyclic) bond motifs is 1. The van der Waals surface area contributed by atoms with Crippen LogP contribution in [0.15, 0.2) is 29.1 Å². The summed E-state index contributed by atoms with van der Waals surface area (Å²) in [7, 11) is 0. The molecule has 0 saturated carbocycles. The molecule has 0 radical (unpaired) electrons. The molecule has 0 spiro atoms. The van der Waals surface area contributed by atoms with Crippen LogP contribution in [-0.2, 0) is 0 Å². The molecule has 0 aliphatic carbocycles. The van der Waals surface area contributed by atoms with Gasteiger partial charge in [-0.25, -0.2) is 4.98 Å². The first-order chi connectivity index (χ1) is 9.79. The van der Waals surface area contributed by atoms with Crippen LogP contribution in [-0.4, -0.2) is 21.8 Å². The van der Waals surface area contributed by atoms with Gasteiger partial charge < -0.3 is 5.32 Å². The van der Waals surface area contributed by atoms with Crippen LogP contribution in [0, 0.1) is 0 Å². The van der Waals surface area contributed by atoms with Gasteiger partial charge in [0.15, 0.2) is 4.96 Å². The average molecular weight is 305 g/mol. The number of imidazole rings is 1. The Kier molecular flexibility index (Phi) is 3.84. The van der Waals surface area contributed by atoms with Crippen molar-refractivity contribution in [1.82, 2.24) is 14.7 Å². The molecule has 0 unspecified atom stereocenters. The molecule has 6 heteroatoms. The zero-order chi connectivity index (χ0) is 13.9. The van der Waals surface area contributed by atoms with Gasteiger partial charge in [0.25, 0.3) is 5.91 Å². The van der Waals surface area contributed by atoms with E-state index in [0.29, 0.717) is 5.69 Å². The van der Waals surface area contributed by atoms with Crippen molar-refractivity contribution in [2.75, 3.05) is 6.54 Å². The summed E-state index contributed by atoms with van der Waals surface area (Å²) in [6, 6.07) is 4.05. The van der Waals surface area contributed by atoms with Crippen LogP contribution < -0.4 is 5.32 Å². The lowest BCUT2D eigenvalue weighted by Crippen LogP contribution is -2.25. The second kappa shape index (κ2) is 5.76. The van der Waals surface area contributed by atoms with Crippen LogP contribution in [0.2, 0.25) is 0 Å². The van der Waals surface area contributed by atoms with Crippen molar-refractivity contribution in [3.63, 3.8) is 0 Å². The van der Waals surface area contributed by atoms with E-state index in [1.165, 1.54) is 11.3 Å². The monoisotopic (exact) mass is 305 g/mol. The first kappa shape index (κ1) is 13.3. The summed E-state index contributed by atoms with van der Waals surface area (Å²) in [6.07, 6.45) is 4.02. The molecule has 0 aromatic carbocycles. The van der Waals surface area contributed by atoms with Gasteiger partial charge in [-0.2, -0.15) is 0 Å². The molecule has 0 aliphatic heterocycles. The summed E-state index contributed by atoms with van der Waals surface area (Å²) in [5, 5.41) is 6.84. The minimum atomic E-state index is -0.0279. The standard InChI is InChI=1S/C14H15N3OS2/c1-2-3-6-15-13(18)11-9-20-14-16-10(8-17(11)14)12-5-4-7-19-12/h4-5,7-9H,2-3,6H2,1H3,(H,15,18). The van der Waals surface area contributed by atoms with Crippen molar-refractivity contribution < 1.29 is 4.79 Å². The molecule has 0 saturated heterocycles. The molecule has 1 N–H and O–H groups in total. The van der Waals surface area contributed by atoms with Crippen molar-refractivity contribution in [2.45, 2.75) is 19.8 Å². The van der Waals surface area contributed by atoms with Crippen LogP contribution >= 0.6 is 22.7 Å². The minimum Gasteiger partial charge on any atom is -0.351 e. The van der Waals surface area contributed by atoms with Crippen molar-refractivity contribution >= 4 is 33.5 Å². The van der Waals surface area contributed by atoms with Crippen LogP contribution in [0.3, 0.4) is 0 Å². The molecule has 3 rings (SSSR count). The van der Waals surface area contributed by atoms with E-state index < -0.39 is 0 Å². The minimum absolute atomic E-state index is 0.0279. The molecule has 104 valence electrons. The highest BCUT2D eigenvalue weighted by Crippen LogP contribution is 2.26. The van der Waals surface area contributed by atoms with Crippen molar-refractivity contribution in [1.29, 1.82) is 0 Å². The fourth-order valence-electron chi connectivity index (χ4n) is 1.96. The van der Waals surface area contributed by atoms with Gasteiger partial charge >= 0.3 is 0 Å². The second-order valence-electron chi connectivity index (χ2n) is 4.49. The zero-order valence-electron chi connectivity index (χ0n) is 11.1. The lowest BCUT2D eigenvalue weighted by atomic mass is 10.3. The number of nitrogens with zero attached hydrogens (tertiary/aromatic N) is 2. The molecule has 0 bridgehead atoms. The lowest BCUT2D eigenvalue weighted by Gasteiger charge is -2.02. The molecule has 20 heavy (non-hydrogen) atoms. The number of carbonyl (C=O) groups is 1. The fraction of sp³-hybridized carbons (Fsp3) is 0.286. The smallest absolute Gasteiger partial charge is 0.269 e. The van der Waals surface area contributed by atoms with E-state index in [0.717, 1.165) is 34.9 Å². The molecule has 0 aliphatic rings. The Morgan fingerprint density at radius 3 is 3.10 bits per heavy atom. The number of carbonyl (C=O) groups excluding carboxylic acids is 1. The van der Waals surface area contributed by atoms with Gasteiger partial charge in [0.05, 0.1) is 4.88 Å². The first-order valence-electron chi connectivity index (χ1n) is 6.58. The first-order valence-corrected chi connectivity index (χ1v) is 8.34. The predicted octanol–water partition coefficient (Wildman–Crippen LogP) is 3.65. The van der Waals surface area contributed by atoms with Crippen molar-refractivity contribution in [3.8, 4) is 10.6 Å². The fourth-order valence-corrected chi connectivity index (χ4v) is 3.49. The normalized spacial score (nSPS) is 11.1. The molecule has 3 aromatic rings. The molecule has 1 amide bonds. The summed E-state index contributed by atoms with van der Waals surface area (Å²) in [5.41, 5.74) is 1.59. The Balaban J connectivity index is 1.87. The average Bonchev–Trinajstić information content (AvgIpc) is 3.14. The largest absolute Gasteiger partial charge is 0.351 e. The highest BCUT2D eigenvalue weighted by molar-refractivity contribution is 7.15. The topological polar surface area (TPSA) is 46.4 Å².